The van der Waals surface area contributed by atoms with Crippen molar-refractivity contribution in [3.05, 3.63) is 11.8 Å². The Hall–Kier alpha value is -0.573. The normalized spacial score (nSPS) is 13.1. The zero-order valence-corrected chi connectivity index (χ0v) is 10.1. The molecule has 0 fully saturated rings. The Morgan fingerprint density at radius 2 is 1.92 bits per heavy atom. The molecule has 0 atom stereocenters. The third-order valence-corrected chi connectivity index (χ3v) is 3.45. The highest BCUT2D eigenvalue weighted by atomic mass is 28.3. The number of hydrogen-bond acceptors (Lipinski definition) is 2. The minimum Gasteiger partial charge on any atom is -0.512 e. The smallest absolute Gasteiger partial charge is 0.136 e. The van der Waals surface area contributed by atoms with Crippen LogP contribution in [-0.4, -0.2) is 18.6 Å². The quantitative estimate of drug-likeness (QED) is 0.421. The highest BCUT2D eigenvalue weighted by molar-refractivity contribution is 7.04. The summed E-state index contributed by atoms with van der Waals surface area (Å²) < 4.78 is 0. The van der Waals surface area contributed by atoms with Crippen molar-refractivity contribution in [1.29, 1.82) is 0 Å². The van der Waals surface area contributed by atoms with Crippen LogP contribution in [0.15, 0.2) is 11.8 Å². The molecule has 0 aromatic rings. The second kappa shape index (κ2) is 5.22. The zero-order valence-electron chi connectivity index (χ0n) is 9.05. The fraction of sp³-hybridized carbons (Fsp3) is 0.700. The number of rotatable bonds is 5. The molecule has 0 aliphatic heterocycles. The maximum Gasteiger partial charge on any atom is 0.136 e. The molecule has 0 aromatic carbocycles. The molecule has 1 N–H and O–H groups in total. The van der Waals surface area contributed by atoms with Gasteiger partial charge in [-0.25, -0.2) is 0 Å². The predicted octanol–water partition coefficient (Wildman–Crippen LogP) is 3.07. The third-order valence-electron chi connectivity index (χ3n) is 1.82. The summed E-state index contributed by atoms with van der Waals surface area (Å²) in [5.41, 5.74) is 0. The summed E-state index contributed by atoms with van der Waals surface area (Å²) in [7, 11) is -1.74. The summed E-state index contributed by atoms with van der Waals surface area (Å²) in [6.45, 7) is 8.02. The lowest BCUT2D eigenvalue weighted by Gasteiger charge is -2.10. The molecule has 0 bridgehead atoms. The van der Waals surface area contributed by atoms with E-state index in [-0.39, 0.29) is 11.2 Å². The van der Waals surface area contributed by atoms with Crippen LogP contribution >= 0.6 is 0 Å². The van der Waals surface area contributed by atoms with E-state index in [1.807, 2.05) is 19.6 Å². The first-order valence-corrected chi connectivity index (χ1v) is 8.32. The Kier molecular flexibility index (Phi) is 4.99. The maximum atomic E-state index is 11.5. The van der Waals surface area contributed by atoms with Crippen molar-refractivity contribution in [2.75, 3.05) is 0 Å². The lowest BCUT2D eigenvalue weighted by atomic mass is 10.2. The molecular formula is C10H20O2Si. The van der Waals surface area contributed by atoms with Gasteiger partial charge in [0.15, 0.2) is 0 Å². The Morgan fingerprint density at radius 3 is 2.31 bits per heavy atom. The van der Waals surface area contributed by atoms with E-state index < -0.39 is 8.07 Å². The molecule has 0 unspecified atom stereocenters. The minimum atomic E-state index is -1.74. The van der Waals surface area contributed by atoms with Crippen molar-refractivity contribution in [2.45, 2.75) is 45.8 Å². The molecule has 2 nitrogen and oxygen atoms in total. The van der Waals surface area contributed by atoms with E-state index in [0.29, 0.717) is 6.42 Å². The van der Waals surface area contributed by atoms with Gasteiger partial charge in [0.2, 0.25) is 0 Å². The van der Waals surface area contributed by atoms with Gasteiger partial charge in [-0.3, -0.25) is 0 Å². The first kappa shape index (κ1) is 12.4. The summed E-state index contributed by atoms with van der Waals surface area (Å²) in [6.07, 6.45) is 4.04. The van der Waals surface area contributed by atoms with Crippen molar-refractivity contribution >= 4 is 13.5 Å². The summed E-state index contributed by atoms with van der Waals surface area (Å²) in [5, 5.41) is 9.50. The Morgan fingerprint density at radius 1 is 1.38 bits per heavy atom. The van der Waals surface area contributed by atoms with Gasteiger partial charge in [0, 0.05) is 12.5 Å². The van der Waals surface area contributed by atoms with Gasteiger partial charge in [-0.2, -0.15) is 0 Å². The molecule has 0 saturated carbocycles. The second-order valence-electron chi connectivity index (χ2n) is 4.35. The zero-order chi connectivity index (χ0) is 10.5. The molecule has 0 radical (unpaired) electrons. The molecule has 0 heterocycles. The van der Waals surface area contributed by atoms with Crippen molar-refractivity contribution in [2.24, 2.45) is 0 Å². The second-order valence-corrected chi connectivity index (χ2v) is 9.35. The van der Waals surface area contributed by atoms with Gasteiger partial charge in [0.1, 0.15) is 13.5 Å². The average Bonchev–Trinajstić information content (AvgIpc) is 1.99. The summed E-state index contributed by atoms with van der Waals surface area (Å²) in [6, 6.07) is 0. The first-order chi connectivity index (χ1) is 5.88. The Bertz CT molecular complexity index is 201. The highest BCUT2D eigenvalue weighted by Crippen LogP contribution is 2.08. The van der Waals surface area contributed by atoms with E-state index in [1.54, 1.807) is 0 Å². The molecule has 0 aliphatic rings. The van der Waals surface area contributed by atoms with Crippen LogP contribution in [-0.2, 0) is 4.79 Å². The molecule has 13 heavy (non-hydrogen) atoms. The van der Waals surface area contributed by atoms with Crippen molar-refractivity contribution in [1.82, 2.24) is 0 Å². The number of allylic oxidation sites excluding steroid dienone is 2. The van der Waals surface area contributed by atoms with Crippen LogP contribution in [0.3, 0.4) is 0 Å². The van der Waals surface area contributed by atoms with E-state index >= 15 is 0 Å². The molecule has 0 spiro atoms. The molecule has 3 heteroatoms. The van der Waals surface area contributed by atoms with Crippen molar-refractivity contribution in [3.63, 3.8) is 0 Å². The van der Waals surface area contributed by atoms with Crippen LogP contribution < -0.4 is 0 Å². The first-order valence-electron chi connectivity index (χ1n) is 4.82. The molecule has 0 aliphatic carbocycles. The van der Waals surface area contributed by atoms with Gasteiger partial charge in [-0.1, -0.05) is 33.0 Å². The van der Waals surface area contributed by atoms with Gasteiger partial charge >= 0.3 is 0 Å². The minimum absolute atomic E-state index is 0.126. The fourth-order valence-electron chi connectivity index (χ4n) is 0.798. The van der Waals surface area contributed by atoms with Gasteiger partial charge in [0.25, 0.3) is 0 Å². The van der Waals surface area contributed by atoms with Crippen LogP contribution in [0, 0.1) is 0 Å². The maximum absolute atomic E-state index is 11.5. The summed E-state index contributed by atoms with van der Waals surface area (Å²) in [4.78, 5) is 11.5. The van der Waals surface area contributed by atoms with Gasteiger partial charge < -0.3 is 9.90 Å². The third kappa shape index (κ3) is 5.63. The number of unbranched alkanes of at least 4 members (excludes halogenated alkanes) is 1. The van der Waals surface area contributed by atoms with E-state index in [4.69, 9.17) is 0 Å². The predicted molar refractivity (Wildman–Crippen MR) is 58.6 cm³/mol. The highest BCUT2D eigenvalue weighted by Gasteiger charge is 2.22. The van der Waals surface area contributed by atoms with Gasteiger partial charge in [-0.15, -0.1) is 0 Å². The molecule has 0 saturated heterocycles. The van der Waals surface area contributed by atoms with Crippen molar-refractivity contribution < 1.29 is 9.90 Å². The summed E-state index contributed by atoms with van der Waals surface area (Å²) in [5.74, 6) is 0.245. The van der Waals surface area contributed by atoms with E-state index in [1.165, 1.54) is 6.08 Å². The van der Waals surface area contributed by atoms with E-state index in [0.717, 1.165) is 12.8 Å². The van der Waals surface area contributed by atoms with Crippen LogP contribution in [0.2, 0.25) is 19.6 Å². The summed E-state index contributed by atoms with van der Waals surface area (Å²) >= 11 is 0. The SMILES string of the molecule is CCCC/C(O)=C/C(=O)[Si](C)(C)C. The Balaban J connectivity index is 4.15. The van der Waals surface area contributed by atoms with Gasteiger partial charge in [0.05, 0.1) is 5.76 Å². The lowest BCUT2D eigenvalue weighted by Crippen LogP contribution is -2.31. The average molecular weight is 200 g/mol. The van der Waals surface area contributed by atoms with Crippen LogP contribution in [0.5, 0.6) is 0 Å². The largest absolute Gasteiger partial charge is 0.512 e. The van der Waals surface area contributed by atoms with Gasteiger partial charge in [-0.05, 0) is 6.42 Å². The molecule has 0 rings (SSSR count). The topological polar surface area (TPSA) is 37.3 Å². The molecule has 0 amide bonds. The standard InChI is InChI=1S/C10H20O2Si/c1-5-6-7-9(11)8-10(12)13(2,3)4/h8,11H,5-7H2,1-4H3/b9-8-. The monoisotopic (exact) mass is 200 g/mol. The van der Waals surface area contributed by atoms with Crippen LogP contribution in [0.1, 0.15) is 26.2 Å². The molecular weight excluding hydrogens is 180 g/mol. The molecule has 76 valence electrons. The van der Waals surface area contributed by atoms with Crippen LogP contribution in [0.25, 0.3) is 0 Å². The Labute approximate surface area is 81.7 Å². The molecule has 0 aromatic heterocycles. The lowest BCUT2D eigenvalue weighted by molar-refractivity contribution is -0.108. The van der Waals surface area contributed by atoms with E-state index in [2.05, 4.69) is 6.92 Å². The van der Waals surface area contributed by atoms with Crippen LogP contribution in [0.4, 0.5) is 0 Å². The number of aliphatic hydroxyl groups excluding tert-OH is 1. The van der Waals surface area contributed by atoms with E-state index in [9.17, 15) is 9.90 Å². The fourth-order valence-corrected chi connectivity index (χ4v) is 1.40. The number of carbonyl (C=O) groups is 1. The number of carbonyl (C=O) groups excluding carboxylic acids is 1. The number of hydrogen-bond donors (Lipinski definition) is 1. The number of aliphatic hydroxyl groups is 1. The van der Waals surface area contributed by atoms with Crippen molar-refractivity contribution in [3.8, 4) is 0 Å².